The van der Waals surface area contributed by atoms with E-state index in [2.05, 4.69) is 40.2 Å². The molecule has 3 heterocycles. The first-order valence-corrected chi connectivity index (χ1v) is 9.37. The summed E-state index contributed by atoms with van der Waals surface area (Å²) in [7, 11) is 0. The van der Waals surface area contributed by atoms with Gasteiger partial charge in [-0.3, -0.25) is 9.69 Å². The van der Waals surface area contributed by atoms with Crippen molar-refractivity contribution in [2.75, 3.05) is 26.2 Å². The van der Waals surface area contributed by atoms with Gasteiger partial charge >= 0.3 is 0 Å². The number of oxazole rings is 1. The zero-order valence-corrected chi connectivity index (χ0v) is 16.1. The highest BCUT2D eigenvalue weighted by atomic mass is 32.1. The van der Waals surface area contributed by atoms with E-state index in [1.807, 2.05) is 18.0 Å². The Morgan fingerprint density at radius 2 is 2.08 bits per heavy atom. The molecule has 0 bridgehead atoms. The van der Waals surface area contributed by atoms with Gasteiger partial charge in [0.25, 0.3) is 5.91 Å². The van der Waals surface area contributed by atoms with Crippen molar-refractivity contribution in [1.82, 2.24) is 24.4 Å². The lowest BCUT2D eigenvalue weighted by Crippen LogP contribution is -2.35. The topological polar surface area (TPSA) is 75.4 Å². The molecule has 2 aromatic rings. The normalized spacial score (nSPS) is 16.9. The number of carbonyl (C=O) groups is 1. The van der Waals surface area contributed by atoms with Gasteiger partial charge in [-0.05, 0) is 24.9 Å². The van der Waals surface area contributed by atoms with Crippen molar-refractivity contribution in [1.29, 1.82) is 0 Å². The minimum atomic E-state index is -0.0350. The molecular weight excluding hydrogens is 338 g/mol. The third-order valence-electron chi connectivity index (χ3n) is 4.38. The molecule has 0 N–H and O–H groups in total. The second-order valence-corrected chi connectivity index (χ2v) is 8.43. The van der Waals surface area contributed by atoms with Crippen LogP contribution in [0.2, 0.25) is 0 Å². The summed E-state index contributed by atoms with van der Waals surface area (Å²) in [5.74, 6) is 1.63. The van der Waals surface area contributed by atoms with Crippen molar-refractivity contribution in [2.24, 2.45) is 0 Å². The SMILES string of the molecule is Cc1snnc1C(=O)N1CCCN(Cc2ncc(C(C)(C)C)o2)CC1. The lowest BCUT2D eigenvalue weighted by molar-refractivity contribution is 0.0754. The summed E-state index contributed by atoms with van der Waals surface area (Å²) in [6, 6.07) is 0. The van der Waals surface area contributed by atoms with Gasteiger partial charge in [0.2, 0.25) is 5.89 Å². The monoisotopic (exact) mass is 363 g/mol. The summed E-state index contributed by atoms with van der Waals surface area (Å²) >= 11 is 1.27. The van der Waals surface area contributed by atoms with E-state index < -0.39 is 0 Å². The first-order chi connectivity index (χ1) is 11.8. The molecular formula is C17H25N5O2S. The Morgan fingerprint density at radius 1 is 1.28 bits per heavy atom. The number of hydrogen-bond acceptors (Lipinski definition) is 7. The quantitative estimate of drug-likeness (QED) is 0.834. The molecule has 1 amide bonds. The van der Waals surface area contributed by atoms with Crippen LogP contribution in [0.5, 0.6) is 0 Å². The first kappa shape index (κ1) is 18.0. The number of hydrogen-bond donors (Lipinski definition) is 0. The molecule has 0 unspecified atom stereocenters. The van der Waals surface area contributed by atoms with Gasteiger partial charge in [-0.25, -0.2) is 4.98 Å². The zero-order chi connectivity index (χ0) is 18.0. The number of aromatic nitrogens is 3. The van der Waals surface area contributed by atoms with Crippen LogP contribution in [0.3, 0.4) is 0 Å². The highest BCUT2D eigenvalue weighted by molar-refractivity contribution is 7.05. The highest BCUT2D eigenvalue weighted by Gasteiger charge is 2.25. The minimum absolute atomic E-state index is 0.0146. The molecule has 0 atom stereocenters. The predicted molar refractivity (Wildman–Crippen MR) is 95.6 cm³/mol. The van der Waals surface area contributed by atoms with Crippen LogP contribution in [0.15, 0.2) is 10.6 Å². The summed E-state index contributed by atoms with van der Waals surface area (Å²) in [4.78, 5) is 22.0. The van der Waals surface area contributed by atoms with Crippen molar-refractivity contribution in [3.63, 3.8) is 0 Å². The average Bonchev–Trinajstić information content (AvgIpc) is 3.11. The first-order valence-electron chi connectivity index (χ1n) is 8.60. The molecule has 0 spiro atoms. The van der Waals surface area contributed by atoms with Crippen LogP contribution in [0.4, 0.5) is 0 Å². The van der Waals surface area contributed by atoms with Gasteiger partial charge in [0, 0.05) is 31.6 Å². The smallest absolute Gasteiger partial charge is 0.275 e. The summed E-state index contributed by atoms with van der Waals surface area (Å²) in [6.45, 7) is 12.0. The number of aryl methyl sites for hydroxylation is 1. The third-order valence-corrected chi connectivity index (χ3v) is 5.01. The minimum Gasteiger partial charge on any atom is -0.444 e. The van der Waals surface area contributed by atoms with Crippen LogP contribution in [0.1, 0.15) is 54.2 Å². The van der Waals surface area contributed by atoms with Crippen LogP contribution < -0.4 is 0 Å². The molecule has 136 valence electrons. The summed E-state index contributed by atoms with van der Waals surface area (Å²) in [6.07, 6.45) is 2.75. The Hall–Kier alpha value is -1.80. The standard InChI is InChI=1S/C17H25N5O2S/c1-12-15(19-20-25-12)16(23)22-7-5-6-21(8-9-22)11-14-18-10-13(24-14)17(2,3)4/h10H,5-9,11H2,1-4H3. The van der Waals surface area contributed by atoms with E-state index in [0.717, 1.165) is 42.6 Å². The molecule has 8 heteroatoms. The van der Waals surface area contributed by atoms with Crippen molar-refractivity contribution in [3.8, 4) is 0 Å². The van der Waals surface area contributed by atoms with Crippen LogP contribution in [0.25, 0.3) is 0 Å². The van der Waals surface area contributed by atoms with E-state index >= 15 is 0 Å². The van der Waals surface area contributed by atoms with Gasteiger partial charge in [0.1, 0.15) is 5.76 Å². The molecule has 1 aliphatic heterocycles. The molecule has 3 rings (SSSR count). The molecule has 1 aliphatic rings. The average molecular weight is 363 g/mol. The van der Waals surface area contributed by atoms with Crippen molar-refractivity contribution >= 4 is 17.4 Å². The zero-order valence-electron chi connectivity index (χ0n) is 15.3. The van der Waals surface area contributed by atoms with Crippen molar-refractivity contribution < 1.29 is 9.21 Å². The highest BCUT2D eigenvalue weighted by Crippen LogP contribution is 2.23. The molecule has 0 saturated carbocycles. The fourth-order valence-corrected chi connectivity index (χ4v) is 3.29. The molecule has 2 aromatic heterocycles. The van der Waals surface area contributed by atoms with Gasteiger partial charge in [0.05, 0.1) is 17.6 Å². The molecule has 0 radical (unpaired) electrons. The van der Waals surface area contributed by atoms with Crippen LogP contribution >= 0.6 is 11.5 Å². The largest absolute Gasteiger partial charge is 0.444 e. The maximum absolute atomic E-state index is 12.6. The van der Waals surface area contributed by atoms with Gasteiger partial charge < -0.3 is 9.32 Å². The van der Waals surface area contributed by atoms with E-state index in [0.29, 0.717) is 18.8 Å². The van der Waals surface area contributed by atoms with E-state index in [1.54, 1.807) is 0 Å². The molecule has 25 heavy (non-hydrogen) atoms. The lowest BCUT2D eigenvalue weighted by Gasteiger charge is -2.20. The van der Waals surface area contributed by atoms with E-state index in [-0.39, 0.29) is 11.3 Å². The Morgan fingerprint density at radius 3 is 2.72 bits per heavy atom. The fraction of sp³-hybridized carbons (Fsp3) is 0.647. The Kier molecular flexibility index (Phi) is 5.19. The predicted octanol–water partition coefficient (Wildman–Crippen LogP) is 2.48. The third kappa shape index (κ3) is 4.24. The van der Waals surface area contributed by atoms with E-state index in [1.165, 1.54) is 11.5 Å². The number of rotatable bonds is 3. The maximum atomic E-state index is 12.6. The second-order valence-electron chi connectivity index (χ2n) is 7.47. The molecule has 1 fully saturated rings. The Labute approximate surface area is 152 Å². The second kappa shape index (κ2) is 7.21. The number of carbonyl (C=O) groups excluding carboxylic acids is 1. The molecule has 7 nitrogen and oxygen atoms in total. The summed E-state index contributed by atoms with van der Waals surface area (Å²) in [5, 5.41) is 3.97. The number of amides is 1. The molecule has 0 aromatic carbocycles. The molecule has 1 saturated heterocycles. The molecule has 0 aliphatic carbocycles. The van der Waals surface area contributed by atoms with Crippen molar-refractivity contribution in [3.05, 3.63) is 28.4 Å². The van der Waals surface area contributed by atoms with E-state index in [4.69, 9.17) is 4.42 Å². The summed E-state index contributed by atoms with van der Waals surface area (Å²) < 4.78 is 9.76. The van der Waals surface area contributed by atoms with Gasteiger partial charge in [0.15, 0.2) is 5.69 Å². The van der Waals surface area contributed by atoms with Crippen LogP contribution in [-0.2, 0) is 12.0 Å². The van der Waals surface area contributed by atoms with Gasteiger partial charge in [-0.15, -0.1) is 5.10 Å². The number of nitrogens with zero attached hydrogens (tertiary/aromatic N) is 5. The van der Waals surface area contributed by atoms with E-state index in [9.17, 15) is 4.79 Å². The van der Waals surface area contributed by atoms with Crippen LogP contribution in [-0.4, -0.2) is 56.5 Å². The van der Waals surface area contributed by atoms with Gasteiger partial charge in [-0.1, -0.05) is 25.3 Å². The Balaban J connectivity index is 1.59. The maximum Gasteiger partial charge on any atom is 0.275 e. The lowest BCUT2D eigenvalue weighted by atomic mass is 9.94. The van der Waals surface area contributed by atoms with Crippen molar-refractivity contribution in [2.45, 2.75) is 46.1 Å². The van der Waals surface area contributed by atoms with Crippen LogP contribution in [0, 0.1) is 6.92 Å². The summed E-state index contributed by atoms with van der Waals surface area (Å²) in [5.41, 5.74) is 0.452. The Bertz CT molecular complexity index is 733. The van der Waals surface area contributed by atoms with Gasteiger partial charge in [-0.2, -0.15) is 0 Å². The fourth-order valence-electron chi connectivity index (χ4n) is 2.83.